The van der Waals surface area contributed by atoms with Gasteiger partial charge in [-0.1, -0.05) is 34.1 Å². The molecule has 1 unspecified atom stereocenters. The summed E-state index contributed by atoms with van der Waals surface area (Å²) in [4.78, 5) is 4.06. The van der Waals surface area contributed by atoms with Crippen molar-refractivity contribution in [2.75, 3.05) is 5.73 Å². The van der Waals surface area contributed by atoms with Gasteiger partial charge in [0.25, 0.3) is 0 Å². The van der Waals surface area contributed by atoms with Gasteiger partial charge in [-0.2, -0.15) is 0 Å². The van der Waals surface area contributed by atoms with Crippen LogP contribution in [0.4, 0.5) is 5.82 Å². The van der Waals surface area contributed by atoms with Gasteiger partial charge >= 0.3 is 0 Å². The van der Waals surface area contributed by atoms with E-state index in [2.05, 4.69) is 20.9 Å². The van der Waals surface area contributed by atoms with Crippen molar-refractivity contribution >= 4 is 21.7 Å². The minimum atomic E-state index is -1.18. The summed E-state index contributed by atoms with van der Waals surface area (Å²) in [5.41, 5.74) is 7.07. The highest BCUT2D eigenvalue weighted by atomic mass is 79.9. The molecule has 1 heterocycles. The molecule has 0 aliphatic carbocycles. The zero-order valence-corrected chi connectivity index (χ0v) is 11.9. The van der Waals surface area contributed by atoms with Gasteiger partial charge in [-0.25, -0.2) is 4.98 Å². The number of benzene rings is 1. The molecule has 3 nitrogen and oxygen atoms in total. The van der Waals surface area contributed by atoms with Crippen LogP contribution in [0.3, 0.4) is 0 Å². The number of nitrogen functional groups attached to an aromatic ring is 1. The van der Waals surface area contributed by atoms with E-state index >= 15 is 0 Å². The smallest absolute Gasteiger partial charge is 0.130 e. The van der Waals surface area contributed by atoms with Crippen molar-refractivity contribution in [1.82, 2.24) is 4.98 Å². The van der Waals surface area contributed by atoms with Gasteiger partial charge in [0, 0.05) is 21.8 Å². The van der Waals surface area contributed by atoms with Crippen LogP contribution in [0.25, 0.3) is 0 Å². The first-order valence-electron chi connectivity index (χ1n) is 5.63. The fourth-order valence-corrected chi connectivity index (χ4v) is 2.87. The quantitative estimate of drug-likeness (QED) is 0.896. The van der Waals surface area contributed by atoms with Gasteiger partial charge < -0.3 is 10.8 Å². The number of aliphatic hydroxyl groups is 1. The Kier molecular flexibility index (Phi) is 3.41. The molecule has 0 saturated heterocycles. The Hall–Kier alpha value is -1.39. The molecule has 0 spiro atoms. The number of nitrogens with two attached hydrogens (primary N) is 1. The minimum Gasteiger partial charge on any atom is -0.383 e. The average molecular weight is 307 g/mol. The zero-order valence-electron chi connectivity index (χ0n) is 10.3. The fraction of sp³-hybridized carbons (Fsp3) is 0.214. The van der Waals surface area contributed by atoms with Gasteiger partial charge in [0.15, 0.2) is 0 Å². The second-order valence-corrected chi connectivity index (χ2v) is 5.29. The number of anilines is 1. The lowest BCUT2D eigenvalue weighted by atomic mass is 9.86. The Balaban J connectivity index is 2.66. The maximum absolute atomic E-state index is 10.8. The van der Waals surface area contributed by atoms with Crippen molar-refractivity contribution in [3.8, 4) is 0 Å². The van der Waals surface area contributed by atoms with Crippen molar-refractivity contribution in [1.29, 1.82) is 0 Å². The number of hydrogen-bond acceptors (Lipinski definition) is 3. The van der Waals surface area contributed by atoms with Crippen LogP contribution in [0.5, 0.6) is 0 Å². The van der Waals surface area contributed by atoms with Crippen LogP contribution in [-0.4, -0.2) is 10.1 Å². The Morgan fingerprint density at radius 1 is 1.28 bits per heavy atom. The molecule has 4 heteroatoms. The van der Waals surface area contributed by atoms with E-state index in [1.54, 1.807) is 13.1 Å². The number of pyridine rings is 1. The van der Waals surface area contributed by atoms with Gasteiger partial charge in [-0.05, 0) is 31.5 Å². The molecular weight excluding hydrogens is 292 g/mol. The van der Waals surface area contributed by atoms with E-state index in [9.17, 15) is 5.11 Å². The van der Waals surface area contributed by atoms with Crippen LogP contribution in [0.1, 0.15) is 23.6 Å². The summed E-state index contributed by atoms with van der Waals surface area (Å²) in [5, 5.41) is 10.8. The lowest BCUT2D eigenvalue weighted by molar-refractivity contribution is 0.101. The summed E-state index contributed by atoms with van der Waals surface area (Å²) < 4.78 is 0.845. The Morgan fingerprint density at radius 2 is 1.94 bits per heavy atom. The van der Waals surface area contributed by atoms with Crippen LogP contribution in [-0.2, 0) is 5.60 Å². The molecule has 0 radical (unpaired) electrons. The monoisotopic (exact) mass is 306 g/mol. The highest BCUT2D eigenvalue weighted by Gasteiger charge is 2.31. The standard InChI is InChI=1S/C14H15BrN2O/c1-9-7-8-17-13(16)12(9)14(2,18)10-5-3-4-6-11(10)15/h3-8,18H,1-2H3,(H2,16,17). The van der Waals surface area contributed by atoms with E-state index in [0.29, 0.717) is 11.4 Å². The maximum Gasteiger partial charge on any atom is 0.130 e. The van der Waals surface area contributed by atoms with E-state index in [4.69, 9.17) is 5.73 Å². The number of rotatable bonds is 2. The number of aryl methyl sites for hydroxylation is 1. The topological polar surface area (TPSA) is 59.1 Å². The third-order valence-corrected chi connectivity index (χ3v) is 3.77. The first-order valence-corrected chi connectivity index (χ1v) is 6.43. The Labute approximate surface area is 115 Å². The van der Waals surface area contributed by atoms with Crippen molar-refractivity contribution in [3.05, 3.63) is 57.7 Å². The van der Waals surface area contributed by atoms with Crippen LogP contribution >= 0.6 is 15.9 Å². The SMILES string of the molecule is Cc1ccnc(N)c1C(C)(O)c1ccccc1Br. The van der Waals surface area contributed by atoms with Crippen molar-refractivity contribution in [3.63, 3.8) is 0 Å². The van der Waals surface area contributed by atoms with E-state index in [0.717, 1.165) is 15.6 Å². The molecule has 2 aromatic rings. The molecule has 18 heavy (non-hydrogen) atoms. The van der Waals surface area contributed by atoms with Crippen molar-refractivity contribution in [2.24, 2.45) is 0 Å². The van der Waals surface area contributed by atoms with Gasteiger partial charge in [-0.15, -0.1) is 0 Å². The minimum absolute atomic E-state index is 0.357. The van der Waals surface area contributed by atoms with E-state index in [-0.39, 0.29) is 0 Å². The van der Waals surface area contributed by atoms with Crippen LogP contribution < -0.4 is 5.73 Å². The summed E-state index contributed by atoms with van der Waals surface area (Å²) >= 11 is 3.46. The molecule has 0 aliphatic heterocycles. The summed E-state index contributed by atoms with van der Waals surface area (Å²) in [7, 11) is 0. The second-order valence-electron chi connectivity index (χ2n) is 4.44. The highest BCUT2D eigenvalue weighted by molar-refractivity contribution is 9.10. The molecule has 94 valence electrons. The summed E-state index contributed by atoms with van der Waals surface area (Å²) in [5.74, 6) is 0.357. The lowest BCUT2D eigenvalue weighted by Crippen LogP contribution is -2.26. The summed E-state index contributed by atoms with van der Waals surface area (Å²) in [6.07, 6.45) is 1.64. The van der Waals surface area contributed by atoms with Crippen molar-refractivity contribution in [2.45, 2.75) is 19.4 Å². The molecule has 1 atom stereocenters. The maximum atomic E-state index is 10.8. The first kappa shape index (κ1) is 13.1. The molecule has 0 fully saturated rings. The van der Waals surface area contributed by atoms with E-state index < -0.39 is 5.60 Å². The third-order valence-electron chi connectivity index (χ3n) is 3.07. The van der Waals surface area contributed by atoms with Crippen molar-refractivity contribution < 1.29 is 5.11 Å². The molecule has 1 aromatic heterocycles. The van der Waals surface area contributed by atoms with Crippen LogP contribution in [0.15, 0.2) is 41.0 Å². The molecule has 0 aliphatic rings. The Bertz CT molecular complexity index is 562. The lowest BCUT2D eigenvalue weighted by Gasteiger charge is -2.28. The molecule has 3 N–H and O–H groups in total. The number of halogens is 1. The number of aromatic nitrogens is 1. The summed E-state index contributed by atoms with van der Waals surface area (Å²) in [6.45, 7) is 3.64. The molecule has 0 saturated carbocycles. The van der Waals surface area contributed by atoms with Gasteiger partial charge in [-0.3, -0.25) is 0 Å². The molecule has 0 amide bonds. The average Bonchev–Trinajstić information content (AvgIpc) is 2.28. The predicted octanol–water partition coefficient (Wildman–Crippen LogP) is 2.99. The van der Waals surface area contributed by atoms with E-state index in [1.807, 2.05) is 37.3 Å². The normalized spacial score (nSPS) is 14.2. The van der Waals surface area contributed by atoms with Crippen LogP contribution in [0.2, 0.25) is 0 Å². The van der Waals surface area contributed by atoms with Gasteiger partial charge in [0.1, 0.15) is 11.4 Å². The number of hydrogen-bond donors (Lipinski definition) is 2. The first-order chi connectivity index (χ1) is 8.44. The molecule has 1 aromatic carbocycles. The highest BCUT2D eigenvalue weighted by Crippen LogP contribution is 2.37. The van der Waals surface area contributed by atoms with Gasteiger partial charge in [0.05, 0.1) is 0 Å². The molecular formula is C14H15BrN2O. The Morgan fingerprint density at radius 3 is 2.56 bits per heavy atom. The van der Waals surface area contributed by atoms with Crippen LogP contribution in [0, 0.1) is 6.92 Å². The predicted molar refractivity (Wildman–Crippen MR) is 76.2 cm³/mol. The fourth-order valence-electron chi connectivity index (χ4n) is 2.20. The summed E-state index contributed by atoms with van der Waals surface area (Å²) in [6, 6.07) is 9.40. The molecule has 0 bridgehead atoms. The zero-order chi connectivity index (χ0) is 13.3. The number of nitrogens with zero attached hydrogens (tertiary/aromatic N) is 1. The van der Waals surface area contributed by atoms with E-state index in [1.165, 1.54) is 0 Å². The van der Waals surface area contributed by atoms with Gasteiger partial charge in [0.2, 0.25) is 0 Å². The second kappa shape index (κ2) is 4.71. The molecule has 2 rings (SSSR count). The largest absolute Gasteiger partial charge is 0.383 e. The third kappa shape index (κ3) is 2.13.